The van der Waals surface area contributed by atoms with E-state index in [0.717, 1.165) is 18.6 Å². The fourth-order valence-electron chi connectivity index (χ4n) is 2.54. The molecule has 1 saturated heterocycles. The fourth-order valence-corrected chi connectivity index (χ4v) is 2.54. The van der Waals surface area contributed by atoms with Crippen LogP contribution in [0, 0.1) is 0 Å². The molecule has 0 aromatic heterocycles. The molecule has 21 heavy (non-hydrogen) atoms. The van der Waals surface area contributed by atoms with Crippen molar-refractivity contribution in [3.8, 4) is 0 Å². The van der Waals surface area contributed by atoms with Crippen LogP contribution in [0.3, 0.4) is 0 Å². The minimum Gasteiger partial charge on any atom is -0.481 e. The largest absolute Gasteiger partial charge is 0.481 e. The molecule has 1 N–H and O–H groups in total. The molecule has 1 unspecified atom stereocenters. The number of benzene rings is 1. The molecule has 1 atom stereocenters. The minimum absolute atomic E-state index is 0.0320. The van der Waals surface area contributed by atoms with Crippen LogP contribution in [-0.4, -0.2) is 48.2 Å². The molecule has 1 aliphatic rings. The standard InChI is InChI=1S/C16H21NO4/c1-2-17(8-6-15(18)19)16(20)13-5-3-4-12(10-13)14-7-9-21-11-14/h3-5,10,14H,2,6-9,11H2,1H3,(H,18,19). The molecule has 114 valence electrons. The predicted molar refractivity (Wildman–Crippen MR) is 78.4 cm³/mol. The van der Waals surface area contributed by atoms with Gasteiger partial charge in [0.2, 0.25) is 0 Å². The summed E-state index contributed by atoms with van der Waals surface area (Å²) >= 11 is 0. The van der Waals surface area contributed by atoms with Crippen LogP contribution in [0.4, 0.5) is 0 Å². The maximum Gasteiger partial charge on any atom is 0.305 e. The lowest BCUT2D eigenvalue weighted by Crippen LogP contribution is -2.32. The number of aliphatic carboxylic acids is 1. The molecule has 0 spiro atoms. The van der Waals surface area contributed by atoms with Gasteiger partial charge in [0.05, 0.1) is 13.0 Å². The summed E-state index contributed by atoms with van der Waals surface area (Å²) in [5.74, 6) is -0.649. The van der Waals surface area contributed by atoms with Gasteiger partial charge in [-0.1, -0.05) is 12.1 Å². The Morgan fingerprint density at radius 1 is 1.43 bits per heavy atom. The molecule has 2 rings (SSSR count). The Hall–Kier alpha value is -1.88. The molecular weight excluding hydrogens is 270 g/mol. The van der Waals surface area contributed by atoms with Gasteiger partial charge >= 0.3 is 5.97 Å². The zero-order chi connectivity index (χ0) is 15.2. The predicted octanol–water partition coefficient (Wildman–Crippen LogP) is 2.13. The van der Waals surface area contributed by atoms with Crippen molar-refractivity contribution < 1.29 is 19.4 Å². The van der Waals surface area contributed by atoms with Crippen molar-refractivity contribution in [1.29, 1.82) is 0 Å². The first-order valence-corrected chi connectivity index (χ1v) is 7.30. The van der Waals surface area contributed by atoms with E-state index >= 15 is 0 Å². The van der Waals surface area contributed by atoms with E-state index in [1.807, 2.05) is 25.1 Å². The summed E-state index contributed by atoms with van der Waals surface area (Å²) in [6, 6.07) is 7.59. The summed E-state index contributed by atoms with van der Waals surface area (Å²) in [7, 11) is 0. The van der Waals surface area contributed by atoms with Gasteiger partial charge in [-0.3, -0.25) is 9.59 Å². The Kier molecular flexibility index (Phi) is 5.33. The summed E-state index contributed by atoms with van der Waals surface area (Å²) in [4.78, 5) is 24.7. The van der Waals surface area contributed by atoms with Crippen LogP contribution >= 0.6 is 0 Å². The lowest BCUT2D eigenvalue weighted by Gasteiger charge is -2.20. The second kappa shape index (κ2) is 7.22. The highest BCUT2D eigenvalue weighted by molar-refractivity contribution is 5.94. The van der Waals surface area contributed by atoms with Crippen molar-refractivity contribution in [3.63, 3.8) is 0 Å². The first-order chi connectivity index (χ1) is 10.1. The smallest absolute Gasteiger partial charge is 0.305 e. The van der Waals surface area contributed by atoms with Crippen LogP contribution in [0.15, 0.2) is 24.3 Å². The highest BCUT2D eigenvalue weighted by Gasteiger charge is 2.20. The van der Waals surface area contributed by atoms with Gasteiger partial charge in [0.25, 0.3) is 5.91 Å². The summed E-state index contributed by atoms with van der Waals surface area (Å²) in [5.41, 5.74) is 1.74. The van der Waals surface area contributed by atoms with Crippen molar-refractivity contribution in [2.24, 2.45) is 0 Å². The second-order valence-corrected chi connectivity index (χ2v) is 5.21. The number of amides is 1. The molecule has 1 amide bonds. The van der Waals surface area contributed by atoms with Crippen molar-refractivity contribution >= 4 is 11.9 Å². The van der Waals surface area contributed by atoms with E-state index in [4.69, 9.17) is 9.84 Å². The first-order valence-electron chi connectivity index (χ1n) is 7.30. The fraction of sp³-hybridized carbons (Fsp3) is 0.500. The van der Waals surface area contributed by atoms with E-state index in [0.29, 0.717) is 24.6 Å². The van der Waals surface area contributed by atoms with E-state index in [-0.39, 0.29) is 18.9 Å². The molecule has 1 aromatic rings. The monoisotopic (exact) mass is 291 g/mol. The average molecular weight is 291 g/mol. The van der Waals surface area contributed by atoms with Crippen LogP contribution in [0.2, 0.25) is 0 Å². The van der Waals surface area contributed by atoms with E-state index < -0.39 is 5.97 Å². The summed E-state index contributed by atoms with van der Waals surface area (Å²) in [6.45, 7) is 4.06. The van der Waals surface area contributed by atoms with Crippen LogP contribution in [0.5, 0.6) is 0 Å². The number of nitrogens with zero attached hydrogens (tertiary/aromatic N) is 1. The molecule has 1 aliphatic heterocycles. The molecule has 5 heteroatoms. The van der Waals surface area contributed by atoms with Gasteiger partial charge in [0.1, 0.15) is 0 Å². The number of rotatable bonds is 6. The van der Waals surface area contributed by atoms with Crippen LogP contribution in [0.25, 0.3) is 0 Å². The topological polar surface area (TPSA) is 66.8 Å². The molecule has 0 saturated carbocycles. The molecule has 0 bridgehead atoms. The number of hydrogen-bond acceptors (Lipinski definition) is 3. The Morgan fingerprint density at radius 2 is 2.24 bits per heavy atom. The second-order valence-electron chi connectivity index (χ2n) is 5.21. The SMILES string of the molecule is CCN(CCC(=O)O)C(=O)c1cccc(C2CCOC2)c1. The third-order valence-electron chi connectivity index (χ3n) is 3.80. The summed E-state index contributed by atoms with van der Waals surface area (Å²) in [5, 5.41) is 8.75. The highest BCUT2D eigenvalue weighted by atomic mass is 16.5. The van der Waals surface area contributed by atoms with Gasteiger partial charge < -0.3 is 14.7 Å². The normalized spacial score (nSPS) is 17.7. The van der Waals surface area contributed by atoms with Crippen LogP contribution in [-0.2, 0) is 9.53 Å². The quantitative estimate of drug-likeness (QED) is 0.872. The number of carbonyl (C=O) groups excluding carboxylic acids is 1. The molecule has 1 heterocycles. The number of carbonyl (C=O) groups is 2. The van der Waals surface area contributed by atoms with Gasteiger partial charge in [0.15, 0.2) is 0 Å². The number of hydrogen-bond donors (Lipinski definition) is 1. The van der Waals surface area contributed by atoms with Crippen LogP contribution < -0.4 is 0 Å². The van der Waals surface area contributed by atoms with Gasteiger partial charge in [0, 0.05) is 31.2 Å². The maximum absolute atomic E-state index is 12.5. The third kappa shape index (κ3) is 4.04. The molecule has 5 nitrogen and oxygen atoms in total. The number of carboxylic acid groups (broad SMARTS) is 1. The molecule has 1 fully saturated rings. The van der Waals surface area contributed by atoms with Gasteiger partial charge in [-0.2, -0.15) is 0 Å². The van der Waals surface area contributed by atoms with Gasteiger partial charge in [-0.25, -0.2) is 0 Å². The number of ether oxygens (including phenoxy) is 1. The lowest BCUT2D eigenvalue weighted by atomic mass is 9.96. The lowest BCUT2D eigenvalue weighted by molar-refractivity contribution is -0.137. The van der Waals surface area contributed by atoms with E-state index in [1.165, 1.54) is 0 Å². The Balaban J connectivity index is 2.10. The van der Waals surface area contributed by atoms with Gasteiger partial charge in [-0.05, 0) is 31.0 Å². The van der Waals surface area contributed by atoms with Crippen LogP contribution in [0.1, 0.15) is 41.6 Å². The summed E-state index contributed by atoms with van der Waals surface area (Å²) in [6.07, 6.45) is 0.948. The molecule has 0 aliphatic carbocycles. The van der Waals surface area contributed by atoms with E-state index in [1.54, 1.807) is 11.0 Å². The maximum atomic E-state index is 12.5. The Bertz CT molecular complexity index is 509. The average Bonchev–Trinajstić information content (AvgIpc) is 3.02. The van der Waals surface area contributed by atoms with Gasteiger partial charge in [-0.15, -0.1) is 0 Å². The first kappa shape index (κ1) is 15.5. The molecule has 0 radical (unpaired) electrons. The van der Waals surface area contributed by atoms with Crippen molar-refractivity contribution in [1.82, 2.24) is 4.90 Å². The molecule has 1 aromatic carbocycles. The Morgan fingerprint density at radius 3 is 2.86 bits per heavy atom. The van der Waals surface area contributed by atoms with E-state index in [2.05, 4.69) is 0 Å². The zero-order valence-corrected chi connectivity index (χ0v) is 12.2. The van der Waals surface area contributed by atoms with Crippen molar-refractivity contribution in [3.05, 3.63) is 35.4 Å². The number of carboxylic acids is 1. The van der Waals surface area contributed by atoms with Crippen molar-refractivity contribution in [2.75, 3.05) is 26.3 Å². The molecular formula is C16H21NO4. The highest BCUT2D eigenvalue weighted by Crippen LogP contribution is 2.26. The van der Waals surface area contributed by atoms with Crippen molar-refractivity contribution in [2.45, 2.75) is 25.7 Å². The minimum atomic E-state index is -0.891. The zero-order valence-electron chi connectivity index (χ0n) is 12.2. The third-order valence-corrected chi connectivity index (χ3v) is 3.80. The Labute approximate surface area is 124 Å². The van der Waals surface area contributed by atoms with E-state index in [9.17, 15) is 9.59 Å². The summed E-state index contributed by atoms with van der Waals surface area (Å²) < 4.78 is 5.38.